The molecule has 0 spiro atoms. The molecule has 20 heteroatoms. The van der Waals surface area contributed by atoms with Crippen molar-refractivity contribution in [3.8, 4) is 0 Å². The number of para-hydroxylation sites is 1. The molecule has 1 aromatic heterocycles. The summed E-state index contributed by atoms with van der Waals surface area (Å²) >= 11 is 4.16. The highest BCUT2D eigenvalue weighted by Gasteiger charge is 2.35. The van der Waals surface area contributed by atoms with Crippen molar-refractivity contribution in [1.29, 1.82) is 0 Å². The molecule has 12 N–H and O–H groups in total. The molecule has 1 aromatic carbocycles. The van der Waals surface area contributed by atoms with Crippen LogP contribution in [0.2, 0.25) is 0 Å². The van der Waals surface area contributed by atoms with Crippen LogP contribution in [0.4, 0.5) is 0 Å². The van der Waals surface area contributed by atoms with Crippen LogP contribution in [-0.2, 0) is 44.8 Å². The third-order valence-electron chi connectivity index (χ3n) is 9.18. The molecule has 0 aliphatic heterocycles. The number of aliphatic carboxylic acids is 2. The van der Waals surface area contributed by atoms with Gasteiger partial charge < -0.3 is 57.9 Å². The average molecular weight is 835 g/mol. The van der Waals surface area contributed by atoms with Gasteiger partial charge in [-0.2, -0.15) is 12.6 Å². The predicted octanol–water partition coefficient (Wildman–Crippen LogP) is -0.824. The van der Waals surface area contributed by atoms with Gasteiger partial charge in [0.05, 0.1) is 12.6 Å². The van der Waals surface area contributed by atoms with Gasteiger partial charge in [0.25, 0.3) is 0 Å². The Morgan fingerprint density at radius 2 is 1.21 bits per heavy atom. The fourth-order valence-electron chi connectivity index (χ4n) is 5.91. The maximum Gasteiger partial charge on any atom is 0.326 e. The van der Waals surface area contributed by atoms with E-state index in [1.165, 1.54) is 0 Å². The predicted molar refractivity (Wildman–Crippen MR) is 216 cm³/mol. The molecule has 19 nitrogen and oxygen atoms in total. The number of rotatable bonds is 24. The Labute approximate surface area is 342 Å². The van der Waals surface area contributed by atoms with Crippen LogP contribution in [-0.4, -0.2) is 122 Å². The third-order valence-corrected chi connectivity index (χ3v) is 9.55. The maximum atomic E-state index is 13.5. The van der Waals surface area contributed by atoms with Crippen molar-refractivity contribution in [2.24, 2.45) is 23.5 Å². The number of carbonyl (C=O) groups excluding carboxylic acids is 6. The van der Waals surface area contributed by atoms with Crippen molar-refractivity contribution in [3.63, 3.8) is 0 Å². The van der Waals surface area contributed by atoms with Gasteiger partial charge in [0.2, 0.25) is 35.4 Å². The van der Waals surface area contributed by atoms with Gasteiger partial charge in [-0.15, -0.1) is 0 Å². The van der Waals surface area contributed by atoms with Crippen molar-refractivity contribution in [2.45, 2.75) is 110 Å². The van der Waals surface area contributed by atoms with E-state index >= 15 is 0 Å². The highest BCUT2D eigenvalue weighted by molar-refractivity contribution is 7.80. The summed E-state index contributed by atoms with van der Waals surface area (Å²) in [5.41, 5.74) is 7.32. The average Bonchev–Trinajstić information content (AvgIpc) is 3.56. The quantitative estimate of drug-likeness (QED) is 0.0578. The number of nitrogens with one attached hydrogen (secondary N) is 7. The van der Waals surface area contributed by atoms with Crippen molar-refractivity contribution >= 4 is 70.9 Å². The van der Waals surface area contributed by atoms with E-state index in [0.29, 0.717) is 12.0 Å². The number of fused-ring (bicyclic) bond motifs is 1. The zero-order valence-electron chi connectivity index (χ0n) is 33.5. The topological polar surface area (TPSA) is 311 Å². The van der Waals surface area contributed by atoms with Gasteiger partial charge in [-0.1, -0.05) is 59.7 Å². The molecule has 0 aliphatic rings. The highest BCUT2D eigenvalue weighted by atomic mass is 32.1. The Hall–Kier alpha value is -5.21. The number of carboxylic acids is 2. The Kier molecular flexibility index (Phi) is 19.6. The number of aromatic amines is 1. The zero-order valence-corrected chi connectivity index (χ0v) is 34.4. The van der Waals surface area contributed by atoms with Gasteiger partial charge in [-0.3, -0.25) is 33.6 Å². The Bertz CT molecular complexity index is 1770. The molecule has 2 rings (SSSR count). The van der Waals surface area contributed by atoms with Crippen LogP contribution in [0.3, 0.4) is 0 Å². The van der Waals surface area contributed by atoms with Gasteiger partial charge in [-0.25, -0.2) is 4.79 Å². The zero-order chi connectivity index (χ0) is 43.9. The minimum atomic E-state index is -1.65. The SMILES string of the molecule is CC(C)C[C@H](N)C(=O)N[C@@H](CCC(=O)O)C(=O)N[C@H](C(=O)N[C@@H](CS)C(=O)N[C@@H](CO)C(=O)N[C@@H](Cc1c[nH]c2ccccc12)C(=O)N[C@H](C(=O)O)C(C)C)C(C)C. The van der Waals surface area contributed by atoms with Crippen molar-refractivity contribution in [3.05, 3.63) is 36.0 Å². The van der Waals surface area contributed by atoms with Crippen molar-refractivity contribution in [1.82, 2.24) is 36.9 Å². The molecule has 1 heterocycles. The molecule has 0 fully saturated rings. The van der Waals surface area contributed by atoms with Gasteiger partial charge in [0.1, 0.15) is 36.3 Å². The summed E-state index contributed by atoms with van der Waals surface area (Å²) in [6, 6.07) is -2.14. The number of aromatic nitrogens is 1. The van der Waals surface area contributed by atoms with Crippen LogP contribution in [0.5, 0.6) is 0 Å². The first-order chi connectivity index (χ1) is 27.2. The van der Waals surface area contributed by atoms with Gasteiger partial charge >= 0.3 is 11.9 Å². The summed E-state index contributed by atoms with van der Waals surface area (Å²) in [5, 5.41) is 44.5. The van der Waals surface area contributed by atoms with Crippen LogP contribution >= 0.6 is 12.6 Å². The third kappa shape index (κ3) is 14.9. The minimum Gasteiger partial charge on any atom is -0.481 e. The summed E-state index contributed by atoms with van der Waals surface area (Å²) in [6.45, 7) is 9.15. The number of thiol groups is 1. The number of amides is 6. The monoisotopic (exact) mass is 834 g/mol. The highest BCUT2D eigenvalue weighted by Crippen LogP contribution is 2.20. The lowest BCUT2D eigenvalue weighted by Gasteiger charge is -2.28. The van der Waals surface area contributed by atoms with E-state index in [4.69, 9.17) is 5.73 Å². The largest absolute Gasteiger partial charge is 0.481 e. The minimum absolute atomic E-state index is 0.0580. The van der Waals surface area contributed by atoms with Crippen molar-refractivity contribution < 1.29 is 53.7 Å². The maximum absolute atomic E-state index is 13.5. The van der Waals surface area contributed by atoms with Crippen molar-refractivity contribution in [2.75, 3.05) is 12.4 Å². The lowest BCUT2D eigenvalue weighted by atomic mass is 10.0. The number of hydrogen-bond donors (Lipinski definition) is 12. The smallest absolute Gasteiger partial charge is 0.326 e. The summed E-state index contributed by atoms with van der Waals surface area (Å²) < 4.78 is 0. The first-order valence-electron chi connectivity index (χ1n) is 19.0. The number of benzene rings is 1. The molecule has 0 saturated heterocycles. The second-order valence-electron chi connectivity index (χ2n) is 15.1. The molecule has 322 valence electrons. The first-order valence-corrected chi connectivity index (χ1v) is 19.6. The van der Waals surface area contributed by atoms with Gasteiger partial charge in [0.15, 0.2) is 0 Å². The van der Waals surface area contributed by atoms with E-state index in [2.05, 4.69) is 49.5 Å². The molecule has 0 radical (unpaired) electrons. The van der Waals surface area contributed by atoms with E-state index < -0.39 is 115 Å². The number of hydrogen-bond acceptors (Lipinski definition) is 11. The lowest BCUT2D eigenvalue weighted by Crippen LogP contribution is -2.61. The molecule has 0 saturated carbocycles. The van der Waals surface area contributed by atoms with E-state index in [1.54, 1.807) is 52.1 Å². The van der Waals surface area contributed by atoms with Crippen LogP contribution in [0.15, 0.2) is 30.5 Å². The van der Waals surface area contributed by atoms with E-state index in [9.17, 15) is 53.7 Å². The van der Waals surface area contributed by atoms with Crippen LogP contribution < -0.4 is 37.6 Å². The van der Waals surface area contributed by atoms with Gasteiger partial charge in [0, 0.05) is 35.7 Å². The van der Waals surface area contributed by atoms with E-state index in [1.807, 2.05) is 19.9 Å². The van der Waals surface area contributed by atoms with Crippen LogP contribution in [0.1, 0.15) is 66.4 Å². The standard InChI is InChI=1S/C38H58N8O11S/c1-18(2)13-23(39)32(50)41-25(11-12-29(48)49)33(51)45-30(19(3)4)37(55)44-28(17-58)36(54)43-27(16-47)35(53)42-26(34(52)46-31(20(5)6)38(56)57)14-21-15-40-24-10-8-7-9-22(21)24/h7-10,15,18-20,23,25-28,30-31,40,47,58H,11-14,16-17,39H2,1-6H3,(H,41,50)(H,42,53)(H,43,54)(H,44,55)(H,45,51)(H,46,52)(H,48,49)(H,56,57)/t23-,25-,26-,27-,28-,30-,31-/m0/s1. The molecule has 0 aliphatic carbocycles. The number of H-pyrrole nitrogens is 1. The van der Waals surface area contributed by atoms with E-state index in [0.717, 1.165) is 10.9 Å². The number of aliphatic hydroxyl groups is 1. The summed E-state index contributed by atoms with van der Waals surface area (Å²) in [4.78, 5) is 106. The molecule has 58 heavy (non-hydrogen) atoms. The summed E-state index contributed by atoms with van der Waals surface area (Å²) in [6.07, 6.45) is 1.06. The normalized spacial score (nSPS) is 15.0. The molecule has 6 amide bonds. The molecule has 0 unspecified atom stereocenters. The Morgan fingerprint density at radius 1 is 0.690 bits per heavy atom. The van der Waals surface area contributed by atoms with Crippen LogP contribution in [0.25, 0.3) is 10.9 Å². The second kappa shape index (κ2) is 23.3. The summed E-state index contributed by atoms with van der Waals surface area (Å²) in [7, 11) is 0. The number of aliphatic hydroxyl groups excluding tert-OH is 1. The number of carboxylic acid groups (broad SMARTS) is 2. The Balaban J connectivity index is 2.23. The number of nitrogens with two attached hydrogens (primary N) is 1. The fourth-order valence-corrected chi connectivity index (χ4v) is 6.17. The van der Waals surface area contributed by atoms with Crippen LogP contribution in [0, 0.1) is 17.8 Å². The molecular formula is C38H58N8O11S. The van der Waals surface area contributed by atoms with Gasteiger partial charge in [-0.05, 0) is 42.2 Å². The van der Waals surface area contributed by atoms with E-state index in [-0.39, 0.29) is 24.5 Å². The number of carbonyl (C=O) groups is 8. The first kappa shape index (κ1) is 48.9. The molecule has 2 aromatic rings. The molecule has 0 bridgehead atoms. The second-order valence-corrected chi connectivity index (χ2v) is 15.5. The molecule has 7 atom stereocenters. The Morgan fingerprint density at radius 3 is 1.76 bits per heavy atom. The summed E-state index contributed by atoms with van der Waals surface area (Å²) in [5.74, 6) is -9.02. The lowest BCUT2D eigenvalue weighted by molar-refractivity contribution is -0.143. The fraction of sp³-hybridized carbons (Fsp3) is 0.579. The molecular weight excluding hydrogens is 777 g/mol.